The second-order valence-electron chi connectivity index (χ2n) is 9.23. The average Bonchev–Trinajstić information content (AvgIpc) is 3.00. The van der Waals surface area contributed by atoms with E-state index in [1.54, 1.807) is 54.6 Å². The number of anilines is 1. The molecule has 0 radical (unpaired) electrons. The summed E-state index contributed by atoms with van der Waals surface area (Å²) < 4.78 is 45.4. The monoisotopic (exact) mass is 685 g/mol. The first-order chi connectivity index (χ1) is 20.6. The summed E-state index contributed by atoms with van der Waals surface area (Å²) >= 11 is 9.74. The van der Waals surface area contributed by atoms with Crippen LogP contribution in [-0.4, -0.2) is 41.3 Å². The van der Waals surface area contributed by atoms with Crippen molar-refractivity contribution >= 4 is 55.4 Å². The van der Waals surface area contributed by atoms with E-state index in [9.17, 15) is 13.2 Å². The molecule has 224 valence electrons. The number of carbonyl (C=O) groups excluding carboxylic acids is 1. The van der Waals surface area contributed by atoms with E-state index in [4.69, 9.17) is 25.8 Å². The van der Waals surface area contributed by atoms with Crippen molar-refractivity contribution in [3.05, 3.63) is 111 Å². The molecule has 0 aliphatic heterocycles. The molecular weight excluding hydrogens is 658 g/mol. The van der Waals surface area contributed by atoms with Gasteiger partial charge >= 0.3 is 0 Å². The normalized spacial score (nSPS) is 11.3. The van der Waals surface area contributed by atoms with Crippen molar-refractivity contribution in [2.45, 2.75) is 18.4 Å². The van der Waals surface area contributed by atoms with E-state index in [0.717, 1.165) is 15.4 Å². The molecule has 4 aromatic carbocycles. The highest BCUT2D eigenvalue weighted by atomic mass is 79.9. The Hall–Kier alpha value is -4.06. The Kier molecular flexibility index (Phi) is 10.7. The summed E-state index contributed by atoms with van der Waals surface area (Å²) in [6, 6.07) is 23.6. The predicted octanol–water partition coefficient (Wildman–Crippen LogP) is 6.35. The fraction of sp³-hybridized carbons (Fsp3) is 0.161. The van der Waals surface area contributed by atoms with Crippen LogP contribution in [0, 0.1) is 6.92 Å². The first kappa shape index (κ1) is 31.9. The van der Waals surface area contributed by atoms with Crippen molar-refractivity contribution in [3.8, 4) is 17.2 Å². The number of methoxy groups -OCH3 is 2. The number of nitrogens with zero attached hydrogens (tertiary/aromatic N) is 2. The highest BCUT2D eigenvalue weighted by molar-refractivity contribution is 9.10. The number of aryl methyl sites for hydroxylation is 1. The van der Waals surface area contributed by atoms with Gasteiger partial charge in [-0.15, -0.1) is 0 Å². The van der Waals surface area contributed by atoms with Crippen molar-refractivity contribution in [2.24, 2.45) is 5.10 Å². The summed E-state index contributed by atoms with van der Waals surface area (Å²) in [4.78, 5) is 13.0. The Morgan fingerprint density at radius 1 is 1.00 bits per heavy atom. The van der Waals surface area contributed by atoms with Crippen LogP contribution in [0.4, 0.5) is 5.69 Å². The molecule has 0 spiro atoms. The summed E-state index contributed by atoms with van der Waals surface area (Å²) in [6.45, 7) is 1.58. The van der Waals surface area contributed by atoms with E-state index in [0.29, 0.717) is 38.0 Å². The molecule has 1 amide bonds. The number of ether oxygens (including phenoxy) is 3. The van der Waals surface area contributed by atoms with Gasteiger partial charge in [0.15, 0.2) is 11.5 Å². The topological polar surface area (TPSA) is 107 Å². The number of sulfonamides is 1. The molecule has 0 heterocycles. The Morgan fingerprint density at radius 3 is 2.35 bits per heavy atom. The minimum Gasteiger partial charge on any atom is -0.497 e. The summed E-state index contributed by atoms with van der Waals surface area (Å²) in [5.41, 5.74) is 5.02. The van der Waals surface area contributed by atoms with Crippen LogP contribution in [0.2, 0.25) is 5.02 Å². The zero-order valence-corrected chi connectivity index (χ0v) is 26.7. The van der Waals surface area contributed by atoms with Gasteiger partial charge in [0.25, 0.3) is 15.9 Å². The maximum absolute atomic E-state index is 13.6. The quantitative estimate of drug-likeness (QED) is 0.138. The molecule has 9 nitrogen and oxygen atoms in total. The van der Waals surface area contributed by atoms with Crippen LogP contribution in [0.25, 0.3) is 0 Å². The van der Waals surface area contributed by atoms with Gasteiger partial charge < -0.3 is 14.2 Å². The smallest absolute Gasteiger partial charge is 0.264 e. The van der Waals surface area contributed by atoms with Crippen LogP contribution >= 0.6 is 27.5 Å². The van der Waals surface area contributed by atoms with E-state index in [1.807, 2.05) is 25.1 Å². The zero-order chi connectivity index (χ0) is 31.0. The summed E-state index contributed by atoms with van der Waals surface area (Å²) in [6.07, 6.45) is 1.41. The third-order valence-electron chi connectivity index (χ3n) is 6.24. The molecule has 0 aliphatic carbocycles. The Balaban J connectivity index is 1.50. The fourth-order valence-corrected chi connectivity index (χ4v) is 6.15. The van der Waals surface area contributed by atoms with Gasteiger partial charge in [-0.05, 0) is 83.0 Å². The van der Waals surface area contributed by atoms with Gasteiger partial charge in [0, 0.05) is 10.6 Å². The lowest BCUT2D eigenvalue weighted by Crippen LogP contribution is -2.39. The average molecular weight is 687 g/mol. The second kappa shape index (κ2) is 14.4. The third-order valence-corrected chi connectivity index (χ3v) is 8.99. The summed E-state index contributed by atoms with van der Waals surface area (Å²) in [5.74, 6) is 0.810. The molecule has 43 heavy (non-hydrogen) atoms. The number of nitrogens with one attached hydrogen (secondary N) is 1. The van der Waals surface area contributed by atoms with Gasteiger partial charge in [-0.2, -0.15) is 5.10 Å². The molecule has 0 atom stereocenters. The molecule has 1 N–H and O–H groups in total. The second-order valence-corrected chi connectivity index (χ2v) is 12.4. The number of carbonyl (C=O) groups is 1. The van der Waals surface area contributed by atoms with E-state index < -0.39 is 22.5 Å². The Bertz CT molecular complexity index is 1710. The lowest BCUT2D eigenvalue weighted by atomic mass is 10.2. The zero-order valence-electron chi connectivity index (χ0n) is 23.6. The van der Waals surface area contributed by atoms with Crippen LogP contribution in [0.15, 0.2) is 99.4 Å². The lowest BCUT2D eigenvalue weighted by Gasteiger charge is -2.24. The summed E-state index contributed by atoms with van der Waals surface area (Å²) in [5, 5.41) is 4.62. The van der Waals surface area contributed by atoms with Gasteiger partial charge in [-0.25, -0.2) is 13.8 Å². The first-order valence-electron chi connectivity index (χ1n) is 12.9. The highest BCUT2D eigenvalue weighted by Crippen LogP contribution is 2.37. The van der Waals surface area contributed by atoms with Crippen LogP contribution in [-0.2, 0) is 21.4 Å². The molecule has 12 heteroatoms. The number of hydrazone groups is 1. The lowest BCUT2D eigenvalue weighted by molar-refractivity contribution is -0.119. The van der Waals surface area contributed by atoms with Gasteiger partial charge in [0.05, 0.1) is 35.5 Å². The molecule has 0 fully saturated rings. The van der Waals surface area contributed by atoms with E-state index in [-0.39, 0.29) is 11.5 Å². The van der Waals surface area contributed by atoms with Crippen molar-refractivity contribution in [3.63, 3.8) is 0 Å². The van der Waals surface area contributed by atoms with Gasteiger partial charge in [-0.3, -0.25) is 9.10 Å². The Morgan fingerprint density at radius 2 is 1.70 bits per heavy atom. The minimum absolute atomic E-state index is 0.0546. The van der Waals surface area contributed by atoms with Crippen LogP contribution < -0.4 is 23.9 Å². The van der Waals surface area contributed by atoms with Gasteiger partial charge in [0.2, 0.25) is 0 Å². The SMILES string of the molecule is COc1ccc(N(CC(=O)N/N=C\c2cc(Br)c(OCc3ccccc3Cl)c(OC)c2)S(=O)(=O)c2ccc(C)cc2)cc1. The van der Waals surface area contributed by atoms with Gasteiger partial charge in [0.1, 0.15) is 18.9 Å². The number of amides is 1. The molecule has 4 aromatic rings. The maximum Gasteiger partial charge on any atom is 0.264 e. The van der Waals surface area contributed by atoms with E-state index in [1.165, 1.54) is 32.6 Å². The van der Waals surface area contributed by atoms with Crippen LogP contribution in [0.5, 0.6) is 17.2 Å². The molecule has 0 saturated heterocycles. The molecule has 4 rings (SSSR count). The van der Waals surface area contributed by atoms with E-state index >= 15 is 0 Å². The van der Waals surface area contributed by atoms with Crippen molar-refractivity contribution in [2.75, 3.05) is 25.1 Å². The predicted molar refractivity (Wildman–Crippen MR) is 171 cm³/mol. The highest BCUT2D eigenvalue weighted by Gasteiger charge is 2.27. The number of halogens is 2. The molecule has 0 aromatic heterocycles. The standard InChI is InChI=1S/C31H29BrClN3O6S/c1-21-8-14-26(15-9-21)43(38,39)36(24-10-12-25(40-2)13-11-24)19-30(37)35-34-18-22-16-27(32)31(29(17-22)41-3)42-20-23-6-4-5-7-28(23)33/h4-18H,19-20H2,1-3H3,(H,35,37)/b34-18-. The first-order valence-corrected chi connectivity index (χ1v) is 15.5. The number of benzene rings is 4. The molecule has 0 unspecified atom stereocenters. The summed E-state index contributed by atoms with van der Waals surface area (Å²) in [7, 11) is -1.06. The maximum atomic E-state index is 13.6. The largest absolute Gasteiger partial charge is 0.497 e. The molecule has 0 aliphatic rings. The third kappa shape index (κ3) is 8.07. The molecule has 0 saturated carbocycles. The van der Waals surface area contributed by atoms with Crippen molar-refractivity contribution < 1.29 is 27.4 Å². The van der Waals surface area contributed by atoms with Crippen LogP contribution in [0.3, 0.4) is 0 Å². The number of hydrogen-bond acceptors (Lipinski definition) is 7. The van der Waals surface area contributed by atoms with E-state index in [2.05, 4.69) is 26.5 Å². The van der Waals surface area contributed by atoms with Crippen molar-refractivity contribution in [1.29, 1.82) is 0 Å². The molecule has 0 bridgehead atoms. The van der Waals surface area contributed by atoms with Crippen LogP contribution in [0.1, 0.15) is 16.7 Å². The number of hydrogen-bond donors (Lipinski definition) is 1. The number of rotatable bonds is 12. The Labute approximate surface area is 264 Å². The van der Waals surface area contributed by atoms with Gasteiger partial charge in [-0.1, -0.05) is 47.5 Å². The minimum atomic E-state index is -4.08. The molecular formula is C31H29BrClN3O6S. The fourth-order valence-electron chi connectivity index (χ4n) is 3.97. The van der Waals surface area contributed by atoms with Crippen molar-refractivity contribution in [1.82, 2.24) is 5.43 Å².